The van der Waals surface area contributed by atoms with E-state index in [0.717, 1.165) is 6.07 Å². The summed E-state index contributed by atoms with van der Waals surface area (Å²) in [6.45, 7) is -0.229. The van der Waals surface area contributed by atoms with Crippen LogP contribution in [0.2, 0.25) is 5.02 Å². The summed E-state index contributed by atoms with van der Waals surface area (Å²) in [5.74, 6) is -0.646. The van der Waals surface area contributed by atoms with Crippen LogP contribution in [0.4, 0.5) is 5.69 Å². The molecule has 0 unspecified atom stereocenters. The molecule has 0 amide bonds. The van der Waals surface area contributed by atoms with Gasteiger partial charge >= 0.3 is 5.97 Å². The monoisotopic (exact) mass is 332 g/mol. The van der Waals surface area contributed by atoms with Gasteiger partial charge < -0.3 is 9.15 Å². The van der Waals surface area contributed by atoms with Crippen LogP contribution in [0, 0.1) is 10.1 Å². The second-order valence-electron chi connectivity index (χ2n) is 4.57. The van der Waals surface area contributed by atoms with Crippen molar-refractivity contribution in [3.8, 4) is 0 Å². The molecule has 116 valence electrons. The predicted molar refractivity (Wildman–Crippen MR) is 81.2 cm³/mol. The Balaban J connectivity index is 1.78. The molecule has 8 heteroatoms. The third-order valence-corrected chi connectivity index (χ3v) is 3.28. The number of hydrogen-bond acceptors (Lipinski definition) is 6. The molecule has 0 atom stereocenters. The van der Waals surface area contributed by atoms with E-state index >= 15 is 0 Å². The quantitative estimate of drug-likeness (QED) is 0.410. The molecule has 1 heterocycles. The first-order chi connectivity index (χ1) is 11.0. The molecular formula is C15H9ClN2O5. The molecule has 0 saturated heterocycles. The lowest BCUT2D eigenvalue weighted by atomic mass is 10.2. The van der Waals surface area contributed by atoms with Gasteiger partial charge in [-0.1, -0.05) is 23.7 Å². The first-order valence-electron chi connectivity index (χ1n) is 6.50. The first-order valence-corrected chi connectivity index (χ1v) is 6.88. The molecule has 0 aliphatic heterocycles. The van der Waals surface area contributed by atoms with Crippen LogP contribution < -0.4 is 0 Å². The second kappa shape index (κ2) is 6.05. The highest BCUT2D eigenvalue weighted by atomic mass is 35.5. The van der Waals surface area contributed by atoms with Gasteiger partial charge in [0.15, 0.2) is 12.2 Å². The molecule has 0 spiro atoms. The Labute approximate surface area is 134 Å². The molecule has 3 rings (SSSR count). The lowest BCUT2D eigenvalue weighted by Gasteiger charge is -2.03. The summed E-state index contributed by atoms with van der Waals surface area (Å²) in [7, 11) is 0. The average molecular weight is 333 g/mol. The van der Waals surface area contributed by atoms with Crippen molar-refractivity contribution in [2.45, 2.75) is 6.61 Å². The van der Waals surface area contributed by atoms with E-state index in [1.54, 1.807) is 24.3 Å². The Morgan fingerprint density at radius 1 is 1.30 bits per heavy atom. The van der Waals surface area contributed by atoms with Crippen LogP contribution >= 0.6 is 11.6 Å². The molecular weight excluding hydrogens is 324 g/mol. The zero-order valence-electron chi connectivity index (χ0n) is 11.6. The number of carbonyl (C=O) groups is 1. The second-order valence-corrected chi connectivity index (χ2v) is 5.01. The van der Waals surface area contributed by atoms with E-state index in [-0.39, 0.29) is 23.1 Å². The van der Waals surface area contributed by atoms with Crippen LogP contribution in [-0.2, 0) is 11.3 Å². The molecule has 0 saturated carbocycles. The Bertz CT molecular complexity index is 873. The maximum Gasteiger partial charge on any atom is 0.345 e. The van der Waals surface area contributed by atoms with E-state index < -0.39 is 16.6 Å². The number of aromatic nitrogens is 1. The summed E-state index contributed by atoms with van der Waals surface area (Å²) < 4.78 is 10.4. The molecule has 0 N–H and O–H groups in total. The van der Waals surface area contributed by atoms with Crippen molar-refractivity contribution in [3.63, 3.8) is 0 Å². The van der Waals surface area contributed by atoms with E-state index in [2.05, 4.69) is 4.98 Å². The van der Waals surface area contributed by atoms with Crippen LogP contribution in [0.5, 0.6) is 0 Å². The highest BCUT2D eigenvalue weighted by Crippen LogP contribution is 2.24. The lowest BCUT2D eigenvalue weighted by molar-refractivity contribution is -0.385. The van der Waals surface area contributed by atoms with E-state index in [1.807, 2.05) is 0 Å². The zero-order valence-corrected chi connectivity index (χ0v) is 12.3. The molecule has 1 aromatic heterocycles. The van der Waals surface area contributed by atoms with Gasteiger partial charge in [-0.05, 0) is 24.3 Å². The smallest absolute Gasteiger partial charge is 0.345 e. The van der Waals surface area contributed by atoms with Crippen molar-refractivity contribution >= 4 is 34.4 Å². The standard InChI is InChI=1S/C15H9ClN2O5/c16-9-5-6-10(12(7-9)18(20)21)15(19)22-8-14-17-11-3-1-2-4-13(11)23-14/h1-7H,8H2. The minimum Gasteiger partial charge on any atom is -0.452 e. The van der Waals surface area contributed by atoms with Crippen molar-refractivity contribution in [2.24, 2.45) is 0 Å². The van der Waals surface area contributed by atoms with Gasteiger partial charge in [0.05, 0.1) is 4.92 Å². The summed E-state index contributed by atoms with van der Waals surface area (Å²) in [5, 5.41) is 11.1. The Kier molecular flexibility index (Phi) is 3.94. The third kappa shape index (κ3) is 3.14. The number of ether oxygens (including phenoxy) is 1. The van der Waals surface area contributed by atoms with Crippen LogP contribution in [0.3, 0.4) is 0 Å². The number of para-hydroxylation sites is 2. The number of benzene rings is 2. The maximum absolute atomic E-state index is 12.0. The Morgan fingerprint density at radius 3 is 2.83 bits per heavy atom. The minimum absolute atomic E-state index is 0.159. The van der Waals surface area contributed by atoms with Gasteiger partial charge in [0.1, 0.15) is 11.1 Å². The van der Waals surface area contributed by atoms with Crippen molar-refractivity contribution in [2.75, 3.05) is 0 Å². The number of nitrogens with zero attached hydrogens (tertiary/aromatic N) is 2. The predicted octanol–water partition coefficient (Wildman–Crippen LogP) is 3.75. The van der Waals surface area contributed by atoms with Crippen LogP contribution in [0.1, 0.15) is 16.2 Å². The summed E-state index contributed by atoms with van der Waals surface area (Å²) in [5.41, 5.74) is 0.600. The fourth-order valence-electron chi connectivity index (χ4n) is 2.02. The van der Waals surface area contributed by atoms with Gasteiger partial charge in [-0.3, -0.25) is 10.1 Å². The van der Waals surface area contributed by atoms with Gasteiger partial charge in [0, 0.05) is 11.1 Å². The van der Waals surface area contributed by atoms with Gasteiger partial charge in [0.25, 0.3) is 5.69 Å². The van der Waals surface area contributed by atoms with Crippen molar-refractivity contribution in [1.82, 2.24) is 4.98 Å². The number of halogens is 1. The highest BCUT2D eigenvalue weighted by Gasteiger charge is 2.22. The number of rotatable bonds is 4. The van der Waals surface area contributed by atoms with Crippen LogP contribution in [-0.4, -0.2) is 15.9 Å². The molecule has 2 aromatic carbocycles. The molecule has 23 heavy (non-hydrogen) atoms. The molecule has 0 aliphatic carbocycles. The maximum atomic E-state index is 12.0. The third-order valence-electron chi connectivity index (χ3n) is 3.04. The summed E-state index contributed by atoms with van der Waals surface area (Å²) in [6, 6.07) is 10.8. The van der Waals surface area contributed by atoms with E-state index in [4.69, 9.17) is 20.8 Å². The fourth-order valence-corrected chi connectivity index (χ4v) is 2.18. The summed E-state index contributed by atoms with van der Waals surface area (Å²) >= 11 is 5.70. The number of nitro groups is 1. The van der Waals surface area contributed by atoms with Crippen LogP contribution in [0.25, 0.3) is 11.1 Å². The number of hydrogen-bond donors (Lipinski definition) is 0. The van der Waals surface area contributed by atoms with Crippen molar-refractivity contribution in [3.05, 3.63) is 69.1 Å². The molecule has 0 aliphatic rings. The Morgan fingerprint density at radius 2 is 2.09 bits per heavy atom. The van der Waals surface area contributed by atoms with Gasteiger partial charge in [-0.25, -0.2) is 9.78 Å². The largest absolute Gasteiger partial charge is 0.452 e. The molecule has 3 aromatic rings. The van der Waals surface area contributed by atoms with Gasteiger partial charge in [-0.2, -0.15) is 0 Å². The molecule has 0 radical (unpaired) electrons. The molecule has 0 fully saturated rings. The summed E-state index contributed by atoms with van der Waals surface area (Å²) in [4.78, 5) is 26.5. The fraction of sp³-hybridized carbons (Fsp3) is 0.0667. The van der Waals surface area contributed by atoms with E-state index in [1.165, 1.54) is 12.1 Å². The van der Waals surface area contributed by atoms with E-state index in [9.17, 15) is 14.9 Å². The number of oxazole rings is 1. The number of fused-ring (bicyclic) bond motifs is 1. The lowest BCUT2D eigenvalue weighted by Crippen LogP contribution is -2.08. The molecule has 0 bridgehead atoms. The highest BCUT2D eigenvalue weighted by molar-refractivity contribution is 6.31. The zero-order chi connectivity index (χ0) is 16.4. The van der Waals surface area contributed by atoms with Gasteiger partial charge in [-0.15, -0.1) is 0 Å². The minimum atomic E-state index is -0.851. The first kappa shape index (κ1) is 15.0. The SMILES string of the molecule is O=C(OCc1nc2ccccc2o1)c1ccc(Cl)cc1[N+](=O)[O-]. The average Bonchev–Trinajstić information content (AvgIpc) is 2.95. The molecule has 7 nitrogen and oxygen atoms in total. The number of carbonyl (C=O) groups excluding carboxylic acids is 1. The normalized spacial score (nSPS) is 10.7. The Hall–Kier alpha value is -2.93. The van der Waals surface area contributed by atoms with Crippen LogP contribution in [0.15, 0.2) is 46.9 Å². The van der Waals surface area contributed by atoms with Crippen molar-refractivity contribution < 1.29 is 18.9 Å². The topological polar surface area (TPSA) is 95.5 Å². The van der Waals surface area contributed by atoms with Crippen molar-refractivity contribution in [1.29, 1.82) is 0 Å². The number of nitro benzene ring substituents is 1. The van der Waals surface area contributed by atoms with E-state index in [0.29, 0.717) is 11.1 Å². The summed E-state index contributed by atoms with van der Waals surface area (Å²) in [6.07, 6.45) is 0. The van der Waals surface area contributed by atoms with Gasteiger partial charge in [0.2, 0.25) is 5.89 Å². The number of esters is 1.